The highest BCUT2D eigenvalue weighted by Crippen LogP contribution is 2.15. The molecule has 0 aliphatic carbocycles. The van der Waals surface area contributed by atoms with Gasteiger partial charge in [-0.15, -0.1) is 0 Å². The number of ketones is 1. The standard InChI is InChI=1S/C19H19ClO4/c1-12-4-10-17(11-5-12)23-14(3)19(22)24-13(2)18(21)15-6-8-16(20)9-7-15/h4-11,13-14H,1-3H3. The zero-order chi connectivity index (χ0) is 17.7. The van der Waals surface area contributed by atoms with Gasteiger partial charge in [-0.1, -0.05) is 29.3 Å². The molecule has 0 heterocycles. The predicted molar refractivity (Wildman–Crippen MR) is 92.6 cm³/mol. The molecule has 0 aliphatic heterocycles. The second-order valence-corrected chi connectivity index (χ2v) is 5.96. The van der Waals surface area contributed by atoms with E-state index < -0.39 is 18.2 Å². The van der Waals surface area contributed by atoms with E-state index in [0.717, 1.165) is 5.56 Å². The number of halogens is 1. The average molecular weight is 347 g/mol. The van der Waals surface area contributed by atoms with Crippen molar-refractivity contribution in [2.75, 3.05) is 0 Å². The number of aryl methyl sites for hydroxylation is 1. The zero-order valence-corrected chi connectivity index (χ0v) is 14.5. The molecule has 0 fully saturated rings. The summed E-state index contributed by atoms with van der Waals surface area (Å²) in [6.07, 6.45) is -1.71. The molecule has 0 amide bonds. The van der Waals surface area contributed by atoms with Gasteiger partial charge in [0.05, 0.1) is 0 Å². The first-order valence-electron chi connectivity index (χ1n) is 7.60. The molecule has 0 radical (unpaired) electrons. The first-order chi connectivity index (χ1) is 11.4. The lowest BCUT2D eigenvalue weighted by Crippen LogP contribution is -2.32. The highest BCUT2D eigenvalue weighted by molar-refractivity contribution is 6.30. The van der Waals surface area contributed by atoms with Crippen molar-refractivity contribution in [3.63, 3.8) is 0 Å². The number of hydrogen-bond donors (Lipinski definition) is 0. The minimum atomic E-state index is -0.900. The minimum absolute atomic E-state index is 0.289. The number of Topliss-reactive ketones (excluding diaryl/α,β-unsaturated/α-hetero) is 1. The third-order valence-corrected chi connectivity index (χ3v) is 3.71. The molecule has 0 aromatic heterocycles. The van der Waals surface area contributed by atoms with E-state index in [0.29, 0.717) is 16.3 Å². The molecule has 2 aromatic rings. The Balaban J connectivity index is 1.93. The fraction of sp³-hybridized carbons (Fsp3) is 0.263. The molecule has 0 N–H and O–H groups in total. The molecular weight excluding hydrogens is 328 g/mol. The lowest BCUT2D eigenvalue weighted by molar-refractivity contribution is -0.153. The van der Waals surface area contributed by atoms with Crippen molar-refractivity contribution in [1.29, 1.82) is 0 Å². The van der Waals surface area contributed by atoms with E-state index in [9.17, 15) is 9.59 Å². The van der Waals surface area contributed by atoms with Crippen molar-refractivity contribution in [1.82, 2.24) is 0 Å². The number of benzene rings is 2. The van der Waals surface area contributed by atoms with Gasteiger partial charge in [-0.2, -0.15) is 0 Å². The average Bonchev–Trinajstić information content (AvgIpc) is 2.56. The molecule has 0 saturated carbocycles. The van der Waals surface area contributed by atoms with Crippen molar-refractivity contribution >= 4 is 23.4 Å². The molecule has 0 aliphatic rings. The predicted octanol–water partition coefficient (Wildman–Crippen LogP) is 4.23. The maximum absolute atomic E-state index is 12.2. The van der Waals surface area contributed by atoms with Gasteiger partial charge in [-0.25, -0.2) is 4.79 Å². The van der Waals surface area contributed by atoms with Crippen molar-refractivity contribution in [3.8, 4) is 5.75 Å². The Morgan fingerprint density at radius 2 is 1.50 bits per heavy atom. The number of hydrogen-bond acceptors (Lipinski definition) is 4. The van der Waals surface area contributed by atoms with Crippen molar-refractivity contribution in [3.05, 3.63) is 64.7 Å². The van der Waals surface area contributed by atoms with Crippen LogP contribution in [-0.4, -0.2) is 24.0 Å². The fourth-order valence-electron chi connectivity index (χ4n) is 2.04. The van der Waals surface area contributed by atoms with Gasteiger partial charge in [0.15, 0.2) is 12.2 Å². The van der Waals surface area contributed by atoms with Gasteiger partial charge in [0.1, 0.15) is 5.75 Å². The Bertz CT molecular complexity index is 707. The summed E-state index contributed by atoms with van der Waals surface area (Å²) in [6.45, 7) is 5.08. The van der Waals surface area contributed by atoms with E-state index in [2.05, 4.69) is 0 Å². The van der Waals surface area contributed by atoms with Crippen LogP contribution in [0, 0.1) is 6.92 Å². The Kier molecular flexibility index (Phi) is 5.99. The van der Waals surface area contributed by atoms with Crippen LogP contribution in [-0.2, 0) is 9.53 Å². The first-order valence-corrected chi connectivity index (χ1v) is 7.98. The zero-order valence-electron chi connectivity index (χ0n) is 13.8. The summed E-state index contributed by atoms with van der Waals surface area (Å²) in [5, 5.41) is 0.538. The van der Waals surface area contributed by atoms with Gasteiger partial charge >= 0.3 is 5.97 Å². The summed E-state index contributed by atoms with van der Waals surface area (Å²) in [5.41, 5.74) is 1.53. The Morgan fingerprint density at radius 1 is 0.917 bits per heavy atom. The summed E-state index contributed by atoms with van der Waals surface area (Å²) in [6, 6.07) is 13.8. The second kappa shape index (κ2) is 7.97. The monoisotopic (exact) mass is 346 g/mol. The van der Waals surface area contributed by atoms with E-state index in [4.69, 9.17) is 21.1 Å². The van der Waals surface area contributed by atoms with E-state index in [1.54, 1.807) is 43.3 Å². The van der Waals surface area contributed by atoms with Crippen LogP contribution in [0.3, 0.4) is 0 Å². The van der Waals surface area contributed by atoms with Gasteiger partial charge in [-0.3, -0.25) is 4.79 Å². The first kappa shape index (κ1) is 18.0. The molecule has 2 atom stereocenters. The second-order valence-electron chi connectivity index (χ2n) is 5.52. The van der Waals surface area contributed by atoms with Gasteiger partial charge in [-0.05, 0) is 57.2 Å². The van der Waals surface area contributed by atoms with Gasteiger partial charge < -0.3 is 9.47 Å². The maximum Gasteiger partial charge on any atom is 0.347 e. The van der Waals surface area contributed by atoms with Crippen LogP contribution >= 0.6 is 11.6 Å². The number of ether oxygens (including phenoxy) is 2. The molecule has 0 spiro atoms. The largest absolute Gasteiger partial charge is 0.479 e. The number of rotatable bonds is 6. The fourth-order valence-corrected chi connectivity index (χ4v) is 2.17. The number of carbonyl (C=O) groups is 2. The minimum Gasteiger partial charge on any atom is -0.479 e. The van der Waals surface area contributed by atoms with Crippen LogP contribution in [0.5, 0.6) is 5.75 Å². The molecule has 126 valence electrons. The van der Waals surface area contributed by atoms with Crippen LogP contribution < -0.4 is 4.74 Å². The maximum atomic E-state index is 12.2. The molecule has 0 saturated heterocycles. The van der Waals surface area contributed by atoms with Gasteiger partial charge in [0, 0.05) is 10.6 Å². The molecule has 0 bridgehead atoms. The van der Waals surface area contributed by atoms with Crippen LogP contribution in [0.25, 0.3) is 0 Å². The molecule has 4 nitrogen and oxygen atoms in total. The van der Waals surface area contributed by atoms with Crippen LogP contribution in [0.15, 0.2) is 48.5 Å². The van der Waals surface area contributed by atoms with Crippen LogP contribution in [0.4, 0.5) is 0 Å². The Morgan fingerprint density at radius 3 is 2.08 bits per heavy atom. The van der Waals surface area contributed by atoms with Crippen LogP contribution in [0.1, 0.15) is 29.8 Å². The normalized spacial score (nSPS) is 13.0. The number of esters is 1. The van der Waals surface area contributed by atoms with Gasteiger partial charge in [0.2, 0.25) is 5.78 Å². The number of carbonyl (C=O) groups excluding carboxylic acids is 2. The van der Waals surface area contributed by atoms with E-state index in [1.807, 2.05) is 19.1 Å². The molecule has 5 heteroatoms. The van der Waals surface area contributed by atoms with E-state index >= 15 is 0 Å². The van der Waals surface area contributed by atoms with Crippen molar-refractivity contribution in [2.24, 2.45) is 0 Å². The molecular formula is C19H19ClO4. The third kappa shape index (κ3) is 4.83. The Hall–Kier alpha value is -2.33. The van der Waals surface area contributed by atoms with Crippen molar-refractivity contribution in [2.45, 2.75) is 33.0 Å². The molecule has 2 aromatic carbocycles. The third-order valence-electron chi connectivity index (χ3n) is 3.46. The summed E-state index contributed by atoms with van der Waals surface area (Å²) >= 11 is 5.80. The molecule has 2 rings (SSSR count). The topological polar surface area (TPSA) is 52.6 Å². The van der Waals surface area contributed by atoms with E-state index in [1.165, 1.54) is 6.92 Å². The summed E-state index contributed by atoms with van der Waals surface area (Å²) in [4.78, 5) is 24.3. The summed E-state index contributed by atoms with van der Waals surface area (Å²) < 4.78 is 10.7. The van der Waals surface area contributed by atoms with Crippen LogP contribution in [0.2, 0.25) is 5.02 Å². The highest BCUT2D eigenvalue weighted by Gasteiger charge is 2.24. The summed E-state index contributed by atoms with van der Waals surface area (Å²) in [7, 11) is 0. The highest BCUT2D eigenvalue weighted by atomic mass is 35.5. The lowest BCUT2D eigenvalue weighted by atomic mass is 10.1. The smallest absolute Gasteiger partial charge is 0.347 e. The molecule has 24 heavy (non-hydrogen) atoms. The SMILES string of the molecule is Cc1ccc(OC(C)C(=O)OC(C)C(=O)c2ccc(Cl)cc2)cc1. The lowest BCUT2D eigenvalue weighted by Gasteiger charge is -2.17. The van der Waals surface area contributed by atoms with Crippen molar-refractivity contribution < 1.29 is 19.1 Å². The molecule has 2 unspecified atom stereocenters. The summed E-state index contributed by atoms with van der Waals surface area (Å²) in [5.74, 6) is -0.310. The Labute approximate surface area is 146 Å². The quantitative estimate of drug-likeness (QED) is 0.580. The van der Waals surface area contributed by atoms with Gasteiger partial charge in [0.25, 0.3) is 0 Å². The van der Waals surface area contributed by atoms with E-state index in [-0.39, 0.29) is 5.78 Å².